The molecule has 4 heteroatoms. The summed E-state index contributed by atoms with van der Waals surface area (Å²) in [6, 6.07) is 3.62. The third-order valence-electron chi connectivity index (χ3n) is 2.12. The number of hydrogen-bond acceptors (Lipinski definition) is 3. The fourth-order valence-electron chi connectivity index (χ4n) is 1.40. The summed E-state index contributed by atoms with van der Waals surface area (Å²) in [5, 5.41) is 26.3. The molecule has 0 saturated carbocycles. The molecule has 0 fully saturated rings. The second kappa shape index (κ2) is 2.75. The first-order valence-corrected chi connectivity index (χ1v) is 3.58. The van der Waals surface area contributed by atoms with Gasteiger partial charge in [-0.2, -0.15) is 10.5 Å². The lowest BCUT2D eigenvalue weighted by Gasteiger charge is -2.28. The molecule has 1 aliphatic carbocycles. The summed E-state index contributed by atoms with van der Waals surface area (Å²) in [7, 11) is 1.77. The Kier molecular flexibility index (Phi) is 1.93. The first-order valence-electron chi connectivity index (χ1n) is 3.58. The molecule has 1 rings (SSSR count). The molecule has 1 N–H and O–H groups in total. The summed E-state index contributed by atoms with van der Waals surface area (Å²) in [6.45, 7) is 1.71. The Morgan fingerprint density at radius 2 is 2.00 bits per heavy atom. The van der Waals surface area contributed by atoms with Gasteiger partial charge >= 0.3 is 0 Å². The quantitative estimate of drug-likeness (QED) is 0.414. The Bertz CT molecular complexity index is 351. The van der Waals surface area contributed by atoms with E-state index in [1.807, 2.05) is 12.1 Å². The zero-order valence-corrected chi connectivity index (χ0v) is 6.92. The standard InChI is InChI=1S/C8H7BN2O/c1-4-6(5(2-10)3-11)7(9)8(4)12/h7,12H,9H2,1H3. The first-order chi connectivity index (χ1) is 5.63. The molecule has 0 amide bonds. The maximum Gasteiger partial charge on any atom is 0.133 e. The van der Waals surface area contributed by atoms with Crippen molar-refractivity contribution >= 4 is 7.85 Å². The zero-order valence-electron chi connectivity index (χ0n) is 6.92. The Balaban J connectivity index is 3.22. The van der Waals surface area contributed by atoms with Crippen molar-refractivity contribution in [1.29, 1.82) is 10.5 Å². The van der Waals surface area contributed by atoms with Gasteiger partial charge in [0, 0.05) is 5.82 Å². The average molecular weight is 158 g/mol. The number of aliphatic hydroxyl groups is 1. The third kappa shape index (κ3) is 0.896. The Hall–Kier alpha value is -1.68. The molecule has 0 radical (unpaired) electrons. The molecule has 0 aromatic rings. The Morgan fingerprint density at radius 1 is 1.50 bits per heavy atom. The Morgan fingerprint density at radius 3 is 2.33 bits per heavy atom. The number of aliphatic hydroxyl groups excluding tert-OH is 1. The van der Waals surface area contributed by atoms with E-state index in [0.717, 1.165) is 0 Å². The van der Waals surface area contributed by atoms with Crippen molar-refractivity contribution in [3.05, 3.63) is 22.5 Å². The van der Waals surface area contributed by atoms with Gasteiger partial charge in [-0.15, -0.1) is 0 Å². The van der Waals surface area contributed by atoms with Crippen molar-refractivity contribution in [2.75, 3.05) is 0 Å². The molecule has 0 aromatic heterocycles. The van der Waals surface area contributed by atoms with Crippen LogP contribution in [0.3, 0.4) is 0 Å². The van der Waals surface area contributed by atoms with Crippen molar-refractivity contribution in [2.45, 2.75) is 12.7 Å². The molecule has 0 bridgehead atoms. The number of hydrogen-bond donors (Lipinski definition) is 1. The fourth-order valence-corrected chi connectivity index (χ4v) is 1.40. The molecule has 1 unspecified atom stereocenters. The highest BCUT2D eigenvalue weighted by Gasteiger charge is 2.31. The van der Waals surface area contributed by atoms with Crippen LogP contribution in [0.25, 0.3) is 0 Å². The van der Waals surface area contributed by atoms with E-state index in [4.69, 9.17) is 10.5 Å². The lowest BCUT2D eigenvalue weighted by Crippen LogP contribution is -2.17. The minimum atomic E-state index is -0.153. The van der Waals surface area contributed by atoms with Crippen molar-refractivity contribution in [2.24, 2.45) is 0 Å². The van der Waals surface area contributed by atoms with Crippen molar-refractivity contribution < 1.29 is 5.11 Å². The minimum absolute atomic E-state index is 0.109. The summed E-state index contributed by atoms with van der Waals surface area (Å²) in [5.74, 6) is 0.132. The molecule has 12 heavy (non-hydrogen) atoms. The monoisotopic (exact) mass is 158 g/mol. The van der Waals surface area contributed by atoms with E-state index >= 15 is 0 Å². The summed E-state index contributed by atoms with van der Waals surface area (Å²) < 4.78 is 0. The molecule has 0 aliphatic heterocycles. The van der Waals surface area contributed by atoms with Gasteiger partial charge in [0.1, 0.15) is 25.6 Å². The van der Waals surface area contributed by atoms with E-state index in [0.29, 0.717) is 11.1 Å². The predicted molar refractivity (Wildman–Crippen MR) is 45.9 cm³/mol. The maximum absolute atomic E-state index is 9.22. The van der Waals surface area contributed by atoms with Crippen LogP contribution >= 0.6 is 0 Å². The fraction of sp³-hybridized carbons (Fsp3) is 0.250. The van der Waals surface area contributed by atoms with E-state index in [1.54, 1.807) is 14.8 Å². The van der Waals surface area contributed by atoms with Crippen LogP contribution in [0, 0.1) is 22.7 Å². The van der Waals surface area contributed by atoms with E-state index in [9.17, 15) is 5.11 Å². The Labute approximate surface area is 71.6 Å². The van der Waals surface area contributed by atoms with Crippen LogP contribution in [0.5, 0.6) is 0 Å². The van der Waals surface area contributed by atoms with Crippen molar-refractivity contribution in [3.8, 4) is 12.1 Å². The van der Waals surface area contributed by atoms with Crippen LogP contribution in [0.4, 0.5) is 0 Å². The highest BCUT2D eigenvalue weighted by atomic mass is 16.3. The summed E-state index contributed by atoms with van der Waals surface area (Å²) in [5.41, 5.74) is 1.45. The summed E-state index contributed by atoms with van der Waals surface area (Å²) >= 11 is 0. The van der Waals surface area contributed by atoms with Gasteiger partial charge in [-0.3, -0.25) is 0 Å². The topological polar surface area (TPSA) is 67.8 Å². The van der Waals surface area contributed by atoms with Crippen LogP contribution in [0.15, 0.2) is 22.5 Å². The number of rotatable bonds is 0. The number of nitriles is 2. The van der Waals surface area contributed by atoms with E-state index < -0.39 is 0 Å². The van der Waals surface area contributed by atoms with E-state index in [2.05, 4.69) is 0 Å². The van der Waals surface area contributed by atoms with Crippen LogP contribution in [0.1, 0.15) is 6.92 Å². The lowest BCUT2D eigenvalue weighted by atomic mass is 9.65. The number of allylic oxidation sites excluding steroid dienone is 3. The molecular formula is C8H7BN2O. The highest BCUT2D eigenvalue weighted by molar-refractivity contribution is 6.18. The normalized spacial score (nSPS) is 20.9. The van der Waals surface area contributed by atoms with Crippen LogP contribution in [0.2, 0.25) is 5.82 Å². The summed E-state index contributed by atoms with van der Waals surface area (Å²) in [4.78, 5) is 0. The molecule has 58 valence electrons. The smallest absolute Gasteiger partial charge is 0.133 e. The molecule has 3 nitrogen and oxygen atoms in total. The lowest BCUT2D eigenvalue weighted by molar-refractivity contribution is 0.375. The first kappa shape index (κ1) is 8.42. The maximum atomic E-state index is 9.22. The zero-order chi connectivity index (χ0) is 9.30. The van der Waals surface area contributed by atoms with Gasteiger partial charge in [-0.25, -0.2) is 0 Å². The minimum Gasteiger partial charge on any atom is -0.512 e. The van der Waals surface area contributed by atoms with E-state index in [-0.39, 0.29) is 17.1 Å². The van der Waals surface area contributed by atoms with Crippen molar-refractivity contribution in [3.63, 3.8) is 0 Å². The molecule has 0 saturated heterocycles. The van der Waals surface area contributed by atoms with Gasteiger partial charge in [0.05, 0.1) is 5.76 Å². The van der Waals surface area contributed by atoms with Gasteiger partial charge < -0.3 is 5.11 Å². The molecule has 0 aromatic carbocycles. The molecule has 1 aliphatic rings. The largest absolute Gasteiger partial charge is 0.512 e. The summed E-state index contributed by atoms with van der Waals surface area (Å²) in [6.07, 6.45) is 0. The van der Waals surface area contributed by atoms with Gasteiger partial charge in [0.2, 0.25) is 0 Å². The predicted octanol–water partition coefficient (Wildman–Crippen LogP) is 0.597. The second-order valence-corrected chi connectivity index (χ2v) is 2.74. The van der Waals surface area contributed by atoms with Gasteiger partial charge in [-0.05, 0) is 18.1 Å². The van der Waals surface area contributed by atoms with Gasteiger partial charge in [0.15, 0.2) is 0 Å². The van der Waals surface area contributed by atoms with Gasteiger partial charge in [-0.1, -0.05) is 0 Å². The molecule has 0 spiro atoms. The SMILES string of the molecule is BC1C(O)=C(C)C1=C(C#N)C#N. The van der Waals surface area contributed by atoms with Crippen LogP contribution in [-0.2, 0) is 0 Å². The molecule has 0 heterocycles. The highest BCUT2D eigenvalue weighted by Crippen LogP contribution is 2.42. The molecular weight excluding hydrogens is 151 g/mol. The van der Waals surface area contributed by atoms with Crippen molar-refractivity contribution in [1.82, 2.24) is 0 Å². The second-order valence-electron chi connectivity index (χ2n) is 2.74. The number of nitrogens with zero attached hydrogens (tertiary/aromatic N) is 2. The average Bonchev–Trinajstić information content (AvgIpc) is 2.12. The van der Waals surface area contributed by atoms with Crippen LogP contribution in [-0.4, -0.2) is 13.0 Å². The van der Waals surface area contributed by atoms with E-state index in [1.165, 1.54) is 0 Å². The third-order valence-corrected chi connectivity index (χ3v) is 2.12. The molecule has 1 atom stereocenters. The van der Waals surface area contributed by atoms with Crippen LogP contribution < -0.4 is 0 Å². The van der Waals surface area contributed by atoms with Gasteiger partial charge in [0.25, 0.3) is 0 Å².